The predicted octanol–water partition coefficient (Wildman–Crippen LogP) is 1.62. The van der Waals surface area contributed by atoms with Gasteiger partial charge >= 0.3 is 0 Å². The maximum absolute atomic E-state index is 11.8. The van der Waals surface area contributed by atoms with E-state index >= 15 is 0 Å². The first-order valence-corrected chi connectivity index (χ1v) is 5.29. The standard InChI is InChI=1S/C12H13N3O2/c1-8-9(2)17-15-11(8)12(16)14-7-10-5-3-4-6-13-10/h3-6H,7H2,1-2H3,(H,14,16). The molecule has 88 valence electrons. The van der Waals surface area contributed by atoms with Crippen molar-refractivity contribution in [1.29, 1.82) is 0 Å². The molecule has 0 unspecified atom stereocenters. The fourth-order valence-electron chi connectivity index (χ4n) is 1.39. The molecule has 0 aliphatic heterocycles. The van der Waals surface area contributed by atoms with Crippen molar-refractivity contribution in [2.75, 3.05) is 0 Å². The van der Waals surface area contributed by atoms with Crippen LogP contribution in [0.15, 0.2) is 28.9 Å². The molecule has 17 heavy (non-hydrogen) atoms. The van der Waals surface area contributed by atoms with Gasteiger partial charge < -0.3 is 9.84 Å². The van der Waals surface area contributed by atoms with Crippen LogP contribution in [-0.4, -0.2) is 16.0 Å². The van der Waals surface area contributed by atoms with Gasteiger partial charge in [0.25, 0.3) is 5.91 Å². The molecule has 0 saturated carbocycles. The summed E-state index contributed by atoms with van der Waals surface area (Å²) in [6, 6.07) is 5.55. The third kappa shape index (κ3) is 2.50. The van der Waals surface area contributed by atoms with Gasteiger partial charge in [-0.15, -0.1) is 0 Å². The molecule has 1 N–H and O–H groups in total. The Balaban J connectivity index is 2.01. The lowest BCUT2D eigenvalue weighted by molar-refractivity contribution is 0.0941. The number of nitrogens with one attached hydrogen (secondary N) is 1. The predicted molar refractivity (Wildman–Crippen MR) is 61.4 cm³/mol. The first kappa shape index (κ1) is 11.3. The lowest BCUT2D eigenvalue weighted by Crippen LogP contribution is -2.24. The highest BCUT2D eigenvalue weighted by Gasteiger charge is 2.15. The normalized spacial score (nSPS) is 10.2. The quantitative estimate of drug-likeness (QED) is 0.871. The van der Waals surface area contributed by atoms with E-state index in [2.05, 4.69) is 15.5 Å². The van der Waals surface area contributed by atoms with Gasteiger partial charge in [0, 0.05) is 11.8 Å². The average Bonchev–Trinajstić information content (AvgIpc) is 2.69. The van der Waals surface area contributed by atoms with Crippen LogP contribution in [0.25, 0.3) is 0 Å². The number of aryl methyl sites for hydroxylation is 1. The van der Waals surface area contributed by atoms with Crippen molar-refractivity contribution in [2.45, 2.75) is 20.4 Å². The van der Waals surface area contributed by atoms with Gasteiger partial charge in [-0.05, 0) is 26.0 Å². The molecule has 2 heterocycles. The number of carbonyl (C=O) groups is 1. The van der Waals surface area contributed by atoms with Crippen molar-refractivity contribution in [1.82, 2.24) is 15.5 Å². The van der Waals surface area contributed by atoms with E-state index in [1.165, 1.54) is 0 Å². The second kappa shape index (κ2) is 4.78. The molecule has 0 fully saturated rings. The Kier molecular flexibility index (Phi) is 3.18. The first-order valence-electron chi connectivity index (χ1n) is 5.29. The SMILES string of the molecule is Cc1onc(C(=O)NCc2ccccn2)c1C. The maximum atomic E-state index is 11.8. The fraction of sp³-hybridized carbons (Fsp3) is 0.250. The summed E-state index contributed by atoms with van der Waals surface area (Å²) < 4.78 is 4.94. The molecule has 0 radical (unpaired) electrons. The summed E-state index contributed by atoms with van der Waals surface area (Å²) >= 11 is 0. The molecule has 0 bridgehead atoms. The van der Waals surface area contributed by atoms with Crippen molar-refractivity contribution in [3.8, 4) is 0 Å². The number of pyridine rings is 1. The highest BCUT2D eigenvalue weighted by molar-refractivity contribution is 5.93. The Labute approximate surface area is 98.8 Å². The van der Waals surface area contributed by atoms with Gasteiger partial charge in [0.15, 0.2) is 5.69 Å². The summed E-state index contributed by atoms with van der Waals surface area (Å²) in [6.45, 7) is 3.96. The van der Waals surface area contributed by atoms with Crippen LogP contribution in [0.1, 0.15) is 27.5 Å². The topological polar surface area (TPSA) is 68.0 Å². The molecule has 0 aliphatic rings. The number of hydrogen-bond acceptors (Lipinski definition) is 4. The molecule has 2 rings (SSSR count). The van der Waals surface area contributed by atoms with Crippen LogP contribution < -0.4 is 5.32 Å². The minimum atomic E-state index is -0.245. The van der Waals surface area contributed by atoms with Gasteiger partial charge in [-0.3, -0.25) is 9.78 Å². The minimum absolute atomic E-state index is 0.245. The summed E-state index contributed by atoms with van der Waals surface area (Å²) in [6.07, 6.45) is 1.69. The van der Waals surface area contributed by atoms with E-state index in [-0.39, 0.29) is 5.91 Å². The van der Waals surface area contributed by atoms with Crippen LogP contribution in [-0.2, 0) is 6.54 Å². The summed E-state index contributed by atoms with van der Waals surface area (Å²) in [5, 5.41) is 6.47. The number of nitrogens with zero attached hydrogens (tertiary/aromatic N) is 2. The van der Waals surface area contributed by atoms with Gasteiger partial charge in [0.1, 0.15) is 5.76 Å². The Hall–Kier alpha value is -2.17. The fourth-order valence-corrected chi connectivity index (χ4v) is 1.39. The Morgan fingerprint density at radius 1 is 1.41 bits per heavy atom. The minimum Gasteiger partial charge on any atom is -0.361 e. The van der Waals surface area contributed by atoms with Gasteiger partial charge in [-0.1, -0.05) is 11.2 Å². The van der Waals surface area contributed by atoms with E-state index in [0.717, 1.165) is 11.3 Å². The molecular weight excluding hydrogens is 218 g/mol. The first-order chi connectivity index (χ1) is 8.18. The van der Waals surface area contributed by atoms with E-state index in [4.69, 9.17) is 4.52 Å². The van der Waals surface area contributed by atoms with Gasteiger partial charge in [-0.2, -0.15) is 0 Å². The zero-order valence-corrected chi connectivity index (χ0v) is 9.73. The molecular formula is C12H13N3O2. The Bertz CT molecular complexity index is 520. The number of rotatable bonds is 3. The lowest BCUT2D eigenvalue weighted by Gasteiger charge is -2.02. The highest BCUT2D eigenvalue weighted by Crippen LogP contribution is 2.10. The van der Waals surface area contributed by atoms with Crippen LogP contribution in [0.2, 0.25) is 0 Å². The van der Waals surface area contributed by atoms with Crippen LogP contribution >= 0.6 is 0 Å². The number of hydrogen-bond donors (Lipinski definition) is 1. The number of carbonyl (C=O) groups excluding carboxylic acids is 1. The molecule has 2 aromatic heterocycles. The van der Waals surface area contributed by atoms with E-state index < -0.39 is 0 Å². The van der Waals surface area contributed by atoms with Crippen LogP contribution in [0.3, 0.4) is 0 Å². The summed E-state index contributed by atoms with van der Waals surface area (Å²) in [4.78, 5) is 15.9. The number of aromatic nitrogens is 2. The van der Waals surface area contributed by atoms with E-state index in [9.17, 15) is 4.79 Å². The largest absolute Gasteiger partial charge is 0.361 e. The summed E-state index contributed by atoms with van der Waals surface area (Å²) in [7, 11) is 0. The zero-order chi connectivity index (χ0) is 12.3. The van der Waals surface area contributed by atoms with Crippen molar-refractivity contribution in [3.05, 3.63) is 47.1 Å². The van der Waals surface area contributed by atoms with Gasteiger partial charge in [0.05, 0.1) is 12.2 Å². The lowest BCUT2D eigenvalue weighted by atomic mass is 10.2. The third-order valence-corrected chi connectivity index (χ3v) is 2.53. The molecule has 1 amide bonds. The van der Waals surface area contributed by atoms with Crippen LogP contribution in [0.4, 0.5) is 0 Å². The summed E-state index contributed by atoms with van der Waals surface area (Å²) in [5.74, 6) is 0.415. The zero-order valence-electron chi connectivity index (χ0n) is 9.73. The van der Waals surface area contributed by atoms with Crippen molar-refractivity contribution < 1.29 is 9.32 Å². The second-order valence-electron chi connectivity index (χ2n) is 3.72. The van der Waals surface area contributed by atoms with Gasteiger partial charge in [-0.25, -0.2) is 0 Å². The molecule has 0 spiro atoms. The molecule has 0 saturated heterocycles. The van der Waals surface area contributed by atoms with Crippen LogP contribution in [0.5, 0.6) is 0 Å². The van der Waals surface area contributed by atoms with Crippen molar-refractivity contribution >= 4 is 5.91 Å². The highest BCUT2D eigenvalue weighted by atomic mass is 16.5. The Morgan fingerprint density at radius 3 is 2.82 bits per heavy atom. The molecule has 5 nitrogen and oxygen atoms in total. The van der Waals surface area contributed by atoms with E-state index in [1.807, 2.05) is 25.1 Å². The third-order valence-electron chi connectivity index (χ3n) is 2.53. The van der Waals surface area contributed by atoms with E-state index in [1.54, 1.807) is 13.1 Å². The molecule has 0 aromatic carbocycles. The molecule has 2 aromatic rings. The molecule has 0 atom stereocenters. The Morgan fingerprint density at radius 2 is 2.24 bits per heavy atom. The van der Waals surface area contributed by atoms with E-state index in [0.29, 0.717) is 18.0 Å². The van der Waals surface area contributed by atoms with Gasteiger partial charge in [0.2, 0.25) is 0 Å². The number of amides is 1. The summed E-state index contributed by atoms with van der Waals surface area (Å²) in [5.41, 5.74) is 1.90. The smallest absolute Gasteiger partial charge is 0.274 e. The molecule has 0 aliphatic carbocycles. The van der Waals surface area contributed by atoms with Crippen LogP contribution in [0, 0.1) is 13.8 Å². The van der Waals surface area contributed by atoms with Crippen molar-refractivity contribution in [2.24, 2.45) is 0 Å². The van der Waals surface area contributed by atoms with Crippen molar-refractivity contribution in [3.63, 3.8) is 0 Å². The maximum Gasteiger partial charge on any atom is 0.274 e. The average molecular weight is 231 g/mol. The monoisotopic (exact) mass is 231 g/mol. The molecule has 5 heteroatoms. The second-order valence-corrected chi connectivity index (χ2v) is 3.72.